The number of amides is 7. The SMILES string of the molecule is CCN(C(C)=O)C1COC(OC2C(O[C@H]3C#C/C=C\C#C[C@]4(O)CC(=O)C(NC(=O)OC)C3(C)/C4=C\CSSC(C)(C)CCC(=O)NCCNC(=O)CCOCCOCCOCCOCCOCCOCCOCCOCCNC(=O)CCN3C(=O)C=CC3=O)OC(C)C(NOC3CC(O)C(SC(=O)c4c(C)c(I)c(OC5OC(C)C(O)C(OC)C5O)c(OC)c4OC)C(C)O3)C2O)CC1OC. The first-order chi connectivity index (χ1) is 65.6. The van der Waals surface area contributed by atoms with E-state index in [1.165, 1.54) is 81.3 Å². The number of hydrogen-bond donors (Lipinski definition) is 10. The molecule has 1 saturated carbocycles. The minimum absolute atomic E-state index is 0.00282. The zero-order valence-corrected chi connectivity index (χ0v) is 84.7. The second-order valence-electron chi connectivity index (χ2n) is 33.5. The van der Waals surface area contributed by atoms with Gasteiger partial charge >= 0.3 is 6.09 Å². The third-order valence-corrected chi connectivity index (χ3v) is 29.3. The third-order valence-electron chi connectivity index (χ3n) is 23.4. The van der Waals surface area contributed by atoms with E-state index in [1.54, 1.807) is 45.6 Å². The fraction of sp³-hybridized carbons (Fsp3) is 0.725. The Morgan fingerprint density at radius 2 is 1.23 bits per heavy atom. The van der Waals surface area contributed by atoms with Gasteiger partial charge in [-0.1, -0.05) is 63.1 Å². The molecule has 10 N–H and O–H groups in total. The highest BCUT2D eigenvalue weighted by Gasteiger charge is 2.61. The minimum atomic E-state index is -2.21. The van der Waals surface area contributed by atoms with Crippen LogP contribution in [0.3, 0.4) is 0 Å². The van der Waals surface area contributed by atoms with Crippen LogP contribution in [0.2, 0.25) is 0 Å². The fourth-order valence-electron chi connectivity index (χ4n) is 16.0. The highest BCUT2D eigenvalue weighted by molar-refractivity contribution is 14.1. The Morgan fingerprint density at radius 3 is 1.80 bits per heavy atom. The lowest BCUT2D eigenvalue weighted by atomic mass is 9.58. The molecule has 7 aliphatic rings. The topological polar surface area (TPSA) is 515 Å². The van der Waals surface area contributed by atoms with Crippen LogP contribution in [-0.2, 0) is 119 Å². The first-order valence-electron chi connectivity index (χ1n) is 45.5. The highest BCUT2D eigenvalue weighted by Crippen LogP contribution is 2.52. The zero-order chi connectivity index (χ0) is 99.9. The van der Waals surface area contributed by atoms with Gasteiger partial charge in [-0.2, -0.15) is 5.48 Å². The molecular weight excluding hydrogens is 1970 g/mol. The lowest BCUT2D eigenvalue weighted by molar-refractivity contribution is -0.342. The first kappa shape index (κ1) is 116. The Labute approximate surface area is 824 Å². The van der Waals surface area contributed by atoms with Crippen LogP contribution < -0.4 is 41.0 Å². The normalized spacial score (nSPS) is 28.7. The van der Waals surface area contributed by atoms with Crippen molar-refractivity contribution >= 4 is 108 Å². The van der Waals surface area contributed by atoms with Crippen molar-refractivity contribution in [2.24, 2.45) is 5.41 Å². The van der Waals surface area contributed by atoms with E-state index in [0.717, 1.165) is 23.8 Å². The Kier molecular flexibility index (Phi) is 49.7. The number of ketones is 1. The molecule has 7 amide bonds. The highest BCUT2D eigenvalue weighted by atomic mass is 127. The largest absolute Gasteiger partial charge is 0.492 e. The summed E-state index contributed by atoms with van der Waals surface area (Å²) in [5.74, 6) is 9.51. The maximum atomic E-state index is 14.8. The van der Waals surface area contributed by atoms with Crippen LogP contribution >= 0.6 is 55.9 Å². The molecule has 5 heterocycles. The number of likely N-dealkylation sites (N-methyl/N-ethyl adjacent to an activating group) is 1. The number of aliphatic hydroxyl groups is 5. The molecule has 46 heteroatoms. The average molecular weight is 2110 g/mol. The molecule has 5 fully saturated rings. The minimum Gasteiger partial charge on any atom is -0.492 e. The number of thioether (sulfide) groups is 1. The van der Waals surface area contributed by atoms with Gasteiger partial charge < -0.3 is 146 Å². The lowest BCUT2D eigenvalue weighted by Gasteiger charge is -2.52. The number of nitrogens with one attached hydrogen (secondary N) is 5. The summed E-state index contributed by atoms with van der Waals surface area (Å²) in [4.78, 5) is 126. The first-order valence-corrected chi connectivity index (χ1v) is 49.8. The molecule has 4 saturated heterocycles. The molecule has 42 nitrogen and oxygen atoms in total. The zero-order valence-electron chi connectivity index (χ0n) is 80.1. The molecule has 770 valence electrons. The van der Waals surface area contributed by atoms with Crippen molar-refractivity contribution in [3.8, 4) is 40.9 Å². The number of rotatable bonds is 58. The lowest BCUT2D eigenvalue weighted by Crippen LogP contribution is -2.68. The second kappa shape index (κ2) is 58.9. The van der Waals surface area contributed by atoms with Crippen LogP contribution in [0.15, 0.2) is 36.0 Å². The number of Topliss-reactive ketones (excluding diaryl/α,β-unsaturated/α-hetero) is 1. The Morgan fingerprint density at radius 1 is 0.664 bits per heavy atom. The number of carbonyl (C=O) groups excluding carboxylic acids is 9. The predicted molar refractivity (Wildman–Crippen MR) is 504 cm³/mol. The van der Waals surface area contributed by atoms with E-state index in [9.17, 15) is 68.7 Å². The standard InChI is InChI=1S/C91H136IN7O35S3/c1-15-98(58(6)100)59-53-127-70(51-62(59)114-10)132-81-76(109)74(97-134-71-50-60(101)83(57(5)128-71)136-85(111)72-54(2)73(92)79(82(117-13)78(72)115-11)133-86-77(110)80(116-12)75(108)56(4)130-86)55(3)129-87(81)131-64-20-18-16-17-19-27-91(113)52-61(102)84(96-88(112)118-14)90(64,9)63(91)26-49-135-137-89(7,8)28-23-65(103)93-29-30-94-67(105)25-33-119-35-37-121-39-41-123-43-45-125-47-48-126-46-44-124-42-40-122-38-36-120-34-31-95-66(104)24-32-99-68(106)21-22-69(99)107/h16-17,21-22,26,55-57,59-60,62,64,70-71,74-77,80-81,83-84,86-87,97,101,108-110,113H,15,23-25,28-53H2,1-14H3,(H,93,103)(H,94,105)(H,95,104)(H,96,112)/b17-16-,63-26+/t55?,56?,57?,59?,60?,62?,64-,70?,71?,74?,75?,76?,77?,80?,81?,83?,84?,86?,87?,90?,91-/m0/s1. The van der Waals surface area contributed by atoms with E-state index in [2.05, 4.69) is 50.4 Å². The quantitative estimate of drug-likeness (QED) is 0.00848. The number of benzene rings is 1. The molecule has 19 unspecified atom stereocenters. The van der Waals surface area contributed by atoms with Crippen molar-refractivity contribution in [2.45, 2.75) is 233 Å². The smallest absolute Gasteiger partial charge is 0.407 e. The summed E-state index contributed by atoms with van der Waals surface area (Å²) < 4.78 is 117. The van der Waals surface area contributed by atoms with Gasteiger partial charge in [0.05, 0.1) is 202 Å². The molecule has 1 aromatic carbocycles. The molecule has 137 heavy (non-hydrogen) atoms. The number of fused-ring (bicyclic) bond motifs is 2. The predicted octanol–water partition coefficient (Wildman–Crippen LogP) is 2.04. The van der Waals surface area contributed by atoms with E-state index in [4.69, 9.17) is 99.6 Å². The van der Waals surface area contributed by atoms with Gasteiger partial charge in [-0.05, 0) is 108 Å². The maximum Gasteiger partial charge on any atom is 0.407 e. The van der Waals surface area contributed by atoms with E-state index in [-0.39, 0.29) is 136 Å². The van der Waals surface area contributed by atoms with Crippen LogP contribution in [-0.4, -0.2) is 400 Å². The summed E-state index contributed by atoms with van der Waals surface area (Å²) in [7, 11) is 9.49. The van der Waals surface area contributed by atoms with E-state index in [1.807, 2.05) is 43.4 Å². The van der Waals surface area contributed by atoms with Crippen molar-refractivity contribution < 1.29 is 168 Å². The second-order valence-corrected chi connectivity index (χ2v) is 38.8. The van der Waals surface area contributed by atoms with Gasteiger partial charge in [-0.3, -0.25) is 48.1 Å². The Hall–Kier alpha value is -6.55. The number of nitrogens with zero attached hydrogens (tertiary/aromatic N) is 2. The number of ether oxygens (including phenoxy) is 20. The molecule has 0 radical (unpaired) electrons. The van der Waals surface area contributed by atoms with Crippen molar-refractivity contribution in [3.63, 3.8) is 0 Å². The van der Waals surface area contributed by atoms with Crippen LogP contribution in [0.5, 0.6) is 17.2 Å². The Balaban J connectivity index is 0.779. The van der Waals surface area contributed by atoms with Gasteiger partial charge in [0.1, 0.15) is 42.7 Å². The monoisotopic (exact) mass is 2110 g/mol. The number of alkyl carbamates (subject to hydrolysis) is 1. The number of halogens is 1. The molecule has 2 bridgehead atoms. The van der Waals surface area contributed by atoms with E-state index in [0.29, 0.717) is 115 Å². The Bertz CT molecular complexity index is 4280. The summed E-state index contributed by atoms with van der Waals surface area (Å²) in [6.07, 6.45) is -12.7. The van der Waals surface area contributed by atoms with E-state index < -0.39 is 167 Å². The molecular formula is C91H136IN7O35S3. The molecule has 8 rings (SSSR count). The molecule has 0 spiro atoms. The van der Waals surface area contributed by atoms with Crippen LogP contribution in [0.25, 0.3) is 0 Å². The summed E-state index contributed by atoms with van der Waals surface area (Å²) in [5.41, 5.74) is -0.539. The van der Waals surface area contributed by atoms with Gasteiger partial charge in [-0.25, -0.2) is 4.79 Å². The molecule has 21 atom stereocenters. The average Bonchev–Trinajstić information content (AvgIpc) is 0.894. The summed E-state index contributed by atoms with van der Waals surface area (Å²) in [6, 6.07) is -3.27. The van der Waals surface area contributed by atoms with E-state index >= 15 is 0 Å². The number of aliphatic hydroxyl groups excluding tert-OH is 4. The molecule has 0 aromatic heterocycles. The fourth-order valence-corrected chi connectivity index (χ4v) is 20.2. The van der Waals surface area contributed by atoms with Crippen LogP contribution in [0.1, 0.15) is 116 Å². The van der Waals surface area contributed by atoms with Crippen molar-refractivity contribution in [2.75, 3.05) is 186 Å². The third kappa shape index (κ3) is 34.3. The number of allylic oxidation sites excluding steroid dienone is 2. The molecule has 1 aromatic rings. The summed E-state index contributed by atoms with van der Waals surface area (Å²) in [6.45, 7) is 21.8. The summed E-state index contributed by atoms with van der Waals surface area (Å²) >= 11 is 2.78. The van der Waals surface area contributed by atoms with Crippen molar-refractivity contribution in [3.05, 3.63) is 50.7 Å². The number of hydroxylamine groups is 1. The van der Waals surface area contributed by atoms with Gasteiger partial charge in [0, 0.05) is 109 Å². The van der Waals surface area contributed by atoms with Crippen LogP contribution in [0.4, 0.5) is 4.79 Å². The molecule has 2 aliphatic carbocycles. The number of hydrogen-bond acceptors (Lipinski definition) is 39. The van der Waals surface area contributed by atoms with Gasteiger partial charge in [0.25, 0.3) is 11.8 Å². The number of carbonyl (C=O) groups is 9. The van der Waals surface area contributed by atoms with Crippen molar-refractivity contribution in [1.29, 1.82) is 0 Å². The summed E-state index contributed by atoms with van der Waals surface area (Å²) in [5, 5.41) is 69.2. The van der Waals surface area contributed by atoms with Gasteiger partial charge in [-0.15, -0.1) is 0 Å². The number of imide groups is 1. The van der Waals surface area contributed by atoms with Gasteiger partial charge in [0.15, 0.2) is 41.8 Å². The number of methoxy groups -OCH3 is 5. The maximum absolute atomic E-state index is 14.8. The van der Waals surface area contributed by atoms with Crippen molar-refractivity contribution in [1.82, 2.24) is 36.5 Å². The molecule has 5 aliphatic heterocycles. The van der Waals surface area contributed by atoms with Crippen LogP contribution in [0, 0.1) is 39.6 Å². The van der Waals surface area contributed by atoms with Gasteiger partial charge in [0.2, 0.25) is 40.8 Å².